The number of hydrogen-bond donors (Lipinski definition) is 2. The summed E-state index contributed by atoms with van der Waals surface area (Å²) in [5.74, 6) is -0.486. The molecule has 0 aliphatic carbocycles. The number of hydrogen-bond acceptors (Lipinski definition) is 3. The lowest BCUT2D eigenvalue weighted by Gasteiger charge is -2.03. The molecule has 5 heteroatoms. The topological polar surface area (TPSA) is 74.6 Å². The van der Waals surface area contributed by atoms with Gasteiger partial charge in [0.15, 0.2) is 0 Å². The lowest BCUT2D eigenvalue weighted by atomic mass is 10.2. The largest absolute Gasteiger partial charge is 0.506 e. The molecule has 0 saturated heterocycles. The van der Waals surface area contributed by atoms with Crippen molar-refractivity contribution < 1.29 is 18.1 Å². The van der Waals surface area contributed by atoms with Crippen molar-refractivity contribution in [2.75, 3.05) is 0 Å². The van der Waals surface area contributed by atoms with Gasteiger partial charge in [-0.1, -0.05) is 24.8 Å². The summed E-state index contributed by atoms with van der Waals surface area (Å²) < 4.78 is 30.0. The molecule has 70 valence electrons. The normalized spacial score (nSPS) is 11.2. The Hall–Kier alpha value is -1.33. The second-order valence-corrected chi connectivity index (χ2v) is 3.76. The smallest absolute Gasteiger partial charge is 0.298 e. The number of aromatic hydroxyl groups is 1. The Morgan fingerprint density at radius 2 is 2.00 bits per heavy atom. The molecule has 0 unspecified atom stereocenters. The maximum atomic E-state index is 10.7. The third-order valence-electron chi connectivity index (χ3n) is 1.53. The monoisotopic (exact) mass is 200 g/mol. The van der Waals surface area contributed by atoms with Crippen LogP contribution in [0.3, 0.4) is 0 Å². The average molecular weight is 200 g/mol. The lowest BCUT2D eigenvalue weighted by Crippen LogP contribution is -1.98. The van der Waals surface area contributed by atoms with Gasteiger partial charge in [0.2, 0.25) is 0 Å². The minimum atomic E-state index is -4.36. The van der Waals surface area contributed by atoms with E-state index in [1.165, 1.54) is 18.2 Å². The highest BCUT2D eigenvalue weighted by atomic mass is 32.2. The highest BCUT2D eigenvalue weighted by molar-refractivity contribution is 7.86. The van der Waals surface area contributed by atoms with Crippen molar-refractivity contribution in [1.29, 1.82) is 0 Å². The van der Waals surface area contributed by atoms with E-state index in [0.29, 0.717) is 0 Å². The Kier molecular flexibility index (Phi) is 2.40. The lowest BCUT2D eigenvalue weighted by molar-refractivity contribution is 0.442. The Morgan fingerprint density at radius 1 is 1.38 bits per heavy atom. The molecule has 1 rings (SSSR count). The maximum Gasteiger partial charge on any atom is 0.298 e. The van der Waals surface area contributed by atoms with Gasteiger partial charge < -0.3 is 5.11 Å². The van der Waals surface area contributed by atoms with Crippen molar-refractivity contribution in [3.05, 3.63) is 30.3 Å². The molecule has 0 aliphatic rings. The van der Waals surface area contributed by atoms with Crippen LogP contribution in [0.25, 0.3) is 6.08 Å². The second kappa shape index (κ2) is 3.20. The molecule has 0 heterocycles. The summed E-state index contributed by atoms with van der Waals surface area (Å²) in [4.78, 5) is -0.509. The van der Waals surface area contributed by atoms with Crippen molar-refractivity contribution in [3.63, 3.8) is 0 Å². The van der Waals surface area contributed by atoms with Gasteiger partial charge >= 0.3 is 0 Å². The number of phenolic OH excluding ortho intramolecular Hbond substituents is 1. The highest BCUT2D eigenvalue weighted by Crippen LogP contribution is 2.26. The van der Waals surface area contributed by atoms with Crippen LogP contribution in [0.4, 0.5) is 0 Å². The Morgan fingerprint density at radius 3 is 2.46 bits per heavy atom. The van der Waals surface area contributed by atoms with Crippen LogP contribution >= 0.6 is 0 Å². The number of rotatable bonds is 2. The minimum absolute atomic E-state index is 0.259. The van der Waals surface area contributed by atoms with Crippen LogP contribution in [0.5, 0.6) is 5.75 Å². The first-order valence-corrected chi connectivity index (χ1v) is 4.82. The summed E-state index contributed by atoms with van der Waals surface area (Å²) in [5, 5.41) is 9.31. The van der Waals surface area contributed by atoms with E-state index in [0.717, 1.165) is 6.07 Å². The number of benzene rings is 1. The summed E-state index contributed by atoms with van der Waals surface area (Å²) in [7, 11) is -4.36. The van der Waals surface area contributed by atoms with Crippen LogP contribution in [-0.2, 0) is 10.1 Å². The van der Waals surface area contributed by atoms with Gasteiger partial charge in [-0.2, -0.15) is 8.42 Å². The van der Waals surface area contributed by atoms with Crippen LogP contribution in [0.15, 0.2) is 29.7 Å². The first kappa shape index (κ1) is 9.76. The first-order chi connectivity index (χ1) is 5.96. The van der Waals surface area contributed by atoms with Crippen molar-refractivity contribution in [3.8, 4) is 5.75 Å². The van der Waals surface area contributed by atoms with E-state index in [2.05, 4.69) is 6.58 Å². The van der Waals surface area contributed by atoms with Crippen LogP contribution < -0.4 is 0 Å². The fourth-order valence-electron chi connectivity index (χ4n) is 0.912. The van der Waals surface area contributed by atoms with Gasteiger partial charge in [0, 0.05) is 5.56 Å². The molecule has 2 N–H and O–H groups in total. The van der Waals surface area contributed by atoms with E-state index in [-0.39, 0.29) is 5.56 Å². The molecule has 0 fully saturated rings. The maximum absolute atomic E-state index is 10.7. The van der Waals surface area contributed by atoms with E-state index < -0.39 is 20.8 Å². The fraction of sp³-hybridized carbons (Fsp3) is 0. The zero-order valence-electron chi connectivity index (χ0n) is 6.64. The summed E-state index contributed by atoms with van der Waals surface area (Å²) in [6.07, 6.45) is 1.30. The van der Waals surface area contributed by atoms with Crippen molar-refractivity contribution >= 4 is 16.2 Å². The second-order valence-electron chi connectivity index (χ2n) is 2.37. The van der Waals surface area contributed by atoms with E-state index in [1.807, 2.05) is 0 Å². The molecule has 0 bridgehead atoms. The molecule has 13 heavy (non-hydrogen) atoms. The number of para-hydroxylation sites is 1. The van der Waals surface area contributed by atoms with Gasteiger partial charge in [0.25, 0.3) is 10.1 Å². The van der Waals surface area contributed by atoms with Crippen LogP contribution in [0.1, 0.15) is 5.56 Å². The average Bonchev–Trinajstić information content (AvgIpc) is 2.02. The predicted molar refractivity (Wildman–Crippen MR) is 48.0 cm³/mol. The van der Waals surface area contributed by atoms with E-state index in [4.69, 9.17) is 4.55 Å². The Bertz CT molecular complexity index is 433. The molecule has 1 aromatic carbocycles. The van der Waals surface area contributed by atoms with Crippen LogP contribution in [0, 0.1) is 0 Å². The van der Waals surface area contributed by atoms with Crippen molar-refractivity contribution in [2.24, 2.45) is 0 Å². The molecule has 0 saturated carbocycles. The van der Waals surface area contributed by atoms with E-state index in [9.17, 15) is 13.5 Å². The summed E-state index contributed by atoms with van der Waals surface area (Å²) in [6.45, 7) is 3.38. The van der Waals surface area contributed by atoms with Gasteiger partial charge in [0.05, 0.1) is 0 Å². The zero-order valence-corrected chi connectivity index (χ0v) is 7.45. The van der Waals surface area contributed by atoms with Gasteiger partial charge in [0.1, 0.15) is 10.6 Å². The summed E-state index contributed by atoms with van der Waals surface area (Å²) in [5.41, 5.74) is 0.259. The number of phenols is 1. The van der Waals surface area contributed by atoms with Crippen molar-refractivity contribution in [2.45, 2.75) is 4.90 Å². The van der Waals surface area contributed by atoms with Crippen molar-refractivity contribution in [1.82, 2.24) is 0 Å². The molecule has 0 spiro atoms. The molecule has 1 aromatic rings. The van der Waals surface area contributed by atoms with E-state index >= 15 is 0 Å². The standard InChI is InChI=1S/C8H8O4S/c1-2-6-4-3-5-7(8(6)9)13(10,11)12/h2-5,9H,1H2,(H,10,11,12). The molecule has 0 amide bonds. The van der Waals surface area contributed by atoms with Gasteiger partial charge in [-0.05, 0) is 6.07 Å². The summed E-state index contributed by atoms with van der Waals surface area (Å²) in [6, 6.07) is 3.99. The van der Waals surface area contributed by atoms with Gasteiger partial charge in [-0.3, -0.25) is 4.55 Å². The third kappa shape index (κ3) is 1.88. The van der Waals surface area contributed by atoms with E-state index in [1.54, 1.807) is 0 Å². The third-order valence-corrected chi connectivity index (χ3v) is 2.41. The van der Waals surface area contributed by atoms with Crippen LogP contribution in [-0.4, -0.2) is 18.1 Å². The summed E-state index contributed by atoms with van der Waals surface area (Å²) >= 11 is 0. The first-order valence-electron chi connectivity index (χ1n) is 3.38. The van der Waals surface area contributed by atoms with Gasteiger partial charge in [-0.25, -0.2) is 0 Å². The Labute approximate surface area is 75.9 Å². The van der Waals surface area contributed by atoms with Gasteiger partial charge in [-0.15, -0.1) is 0 Å². The molecular formula is C8H8O4S. The predicted octanol–water partition coefficient (Wildman–Crippen LogP) is 1.28. The molecule has 0 aliphatic heterocycles. The highest BCUT2D eigenvalue weighted by Gasteiger charge is 2.16. The molecule has 0 atom stereocenters. The Balaban J connectivity index is 3.50. The fourth-order valence-corrected chi connectivity index (χ4v) is 1.52. The quantitative estimate of drug-likeness (QED) is 0.705. The molecular weight excluding hydrogens is 192 g/mol. The van der Waals surface area contributed by atoms with Crippen LogP contribution in [0.2, 0.25) is 0 Å². The molecule has 0 aromatic heterocycles. The molecule has 0 radical (unpaired) electrons. The zero-order chi connectivity index (χ0) is 10.1. The molecule has 4 nitrogen and oxygen atoms in total. The minimum Gasteiger partial charge on any atom is -0.506 e. The SMILES string of the molecule is C=Cc1cccc(S(=O)(=O)O)c1O.